The van der Waals surface area contributed by atoms with Crippen LogP contribution >= 0.6 is 11.3 Å². The van der Waals surface area contributed by atoms with Crippen LogP contribution in [-0.4, -0.2) is 16.9 Å². The zero-order valence-electron chi connectivity index (χ0n) is 10.3. The molecule has 2 rings (SSSR count). The van der Waals surface area contributed by atoms with Crippen molar-refractivity contribution in [1.82, 2.24) is 4.98 Å². The van der Waals surface area contributed by atoms with Gasteiger partial charge in [-0.2, -0.15) is 0 Å². The number of anilines is 1. The maximum atomic E-state index is 11.8. The standard InChI is InChI=1S/C13H17N3OS/c1-2-3-6-9(14)12(17)16-13-15-10-7-4-5-8-11(10)18-13/h4-5,7-9H,2-3,6,14H2,1H3,(H,15,16,17)/t9-/m0/s1. The molecule has 0 radical (unpaired) electrons. The van der Waals surface area contributed by atoms with E-state index in [1.165, 1.54) is 11.3 Å². The van der Waals surface area contributed by atoms with Crippen LogP contribution in [0, 0.1) is 0 Å². The third-order valence-corrected chi connectivity index (χ3v) is 3.68. The molecule has 96 valence electrons. The Balaban J connectivity index is 2.02. The van der Waals surface area contributed by atoms with Crippen LogP contribution in [0.1, 0.15) is 26.2 Å². The summed E-state index contributed by atoms with van der Waals surface area (Å²) in [6.07, 6.45) is 2.73. The van der Waals surface area contributed by atoms with E-state index in [1.807, 2.05) is 24.3 Å². The van der Waals surface area contributed by atoms with Crippen LogP contribution in [0.4, 0.5) is 5.13 Å². The Hall–Kier alpha value is -1.46. The first-order valence-electron chi connectivity index (χ1n) is 6.12. The molecule has 1 aromatic carbocycles. The lowest BCUT2D eigenvalue weighted by Gasteiger charge is -2.09. The minimum atomic E-state index is -0.447. The summed E-state index contributed by atoms with van der Waals surface area (Å²) in [5, 5.41) is 3.40. The molecule has 18 heavy (non-hydrogen) atoms. The zero-order valence-corrected chi connectivity index (χ0v) is 11.2. The number of nitrogens with zero attached hydrogens (tertiary/aromatic N) is 1. The van der Waals surface area contributed by atoms with Crippen LogP contribution < -0.4 is 11.1 Å². The van der Waals surface area contributed by atoms with E-state index in [4.69, 9.17) is 5.73 Å². The number of hydrogen-bond donors (Lipinski definition) is 2. The minimum absolute atomic E-state index is 0.150. The summed E-state index contributed by atoms with van der Waals surface area (Å²) in [6.45, 7) is 2.08. The van der Waals surface area contributed by atoms with Crippen LogP contribution in [0.3, 0.4) is 0 Å². The number of thiazole rings is 1. The summed E-state index contributed by atoms with van der Waals surface area (Å²) >= 11 is 1.47. The summed E-state index contributed by atoms with van der Waals surface area (Å²) in [4.78, 5) is 16.2. The maximum Gasteiger partial charge on any atom is 0.243 e. The van der Waals surface area contributed by atoms with E-state index in [-0.39, 0.29) is 5.91 Å². The molecule has 3 N–H and O–H groups in total. The lowest BCUT2D eigenvalue weighted by molar-refractivity contribution is -0.117. The van der Waals surface area contributed by atoms with E-state index in [1.54, 1.807) is 0 Å². The molecule has 0 unspecified atom stereocenters. The topological polar surface area (TPSA) is 68.0 Å². The van der Waals surface area contributed by atoms with Crippen molar-refractivity contribution in [3.05, 3.63) is 24.3 Å². The van der Waals surface area contributed by atoms with Gasteiger partial charge >= 0.3 is 0 Å². The van der Waals surface area contributed by atoms with E-state index >= 15 is 0 Å². The van der Waals surface area contributed by atoms with Crippen molar-refractivity contribution < 1.29 is 4.79 Å². The smallest absolute Gasteiger partial charge is 0.243 e. The van der Waals surface area contributed by atoms with Crippen LogP contribution in [0.2, 0.25) is 0 Å². The lowest BCUT2D eigenvalue weighted by atomic mass is 10.1. The highest BCUT2D eigenvalue weighted by atomic mass is 32.1. The van der Waals surface area contributed by atoms with Gasteiger partial charge in [-0.1, -0.05) is 43.2 Å². The Kier molecular flexibility index (Phi) is 4.28. The second-order valence-corrected chi connectivity index (χ2v) is 5.26. The molecular weight excluding hydrogens is 246 g/mol. The number of aromatic nitrogens is 1. The van der Waals surface area contributed by atoms with Gasteiger partial charge in [0.05, 0.1) is 16.3 Å². The van der Waals surface area contributed by atoms with Gasteiger partial charge in [-0.05, 0) is 18.6 Å². The number of nitrogens with two attached hydrogens (primary N) is 1. The number of unbranched alkanes of at least 4 members (excludes halogenated alkanes) is 1. The number of para-hydroxylation sites is 1. The fourth-order valence-electron chi connectivity index (χ4n) is 1.68. The van der Waals surface area contributed by atoms with E-state index < -0.39 is 6.04 Å². The molecule has 0 aliphatic carbocycles. The van der Waals surface area contributed by atoms with Gasteiger partial charge in [0.2, 0.25) is 5.91 Å². The molecule has 0 aliphatic heterocycles. The minimum Gasteiger partial charge on any atom is -0.320 e. The van der Waals surface area contributed by atoms with Crippen molar-refractivity contribution in [3.8, 4) is 0 Å². The predicted molar refractivity (Wildman–Crippen MR) is 75.8 cm³/mol. The van der Waals surface area contributed by atoms with Crippen molar-refractivity contribution in [1.29, 1.82) is 0 Å². The van der Waals surface area contributed by atoms with E-state index in [0.717, 1.165) is 23.1 Å². The summed E-state index contributed by atoms with van der Waals surface area (Å²) in [7, 11) is 0. The van der Waals surface area contributed by atoms with Crippen molar-refractivity contribution in [2.24, 2.45) is 5.73 Å². The number of benzene rings is 1. The number of rotatable bonds is 5. The maximum absolute atomic E-state index is 11.8. The number of carbonyl (C=O) groups excluding carboxylic acids is 1. The van der Waals surface area contributed by atoms with Gasteiger partial charge in [0, 0.05) is 0 Å². The molecule has 0 spiro atoms. The summed E-state index contributed by atoms with van der Waals surface area (Å²) in [6, 6.07) is 7.36. The quantitative estimate of drug-likeness (QED) is 0.871. The van der Waals surface area contributed by atoms with Crippen LogP contribution in [0.15, 0.2) is 24.3 Å². The summed E-state index contributed by atoms with van der Waals surface area (Å²) < 4.78 is 1.06. The average molecular weight is 263 g/mol. The molecule has 0 fully saturated rings. The third-order valence-electron chi connectivity index (χ3n) is 2.73. The molecule has 1 aromatic heterocycles. The Morgan fingerprint density at radius 2 is 2.28 bits per heavy atom. The fraction of sp³-hybridized carbons (Fsp3) is 0.385. The second-order valence-electron chi connectivity index (χ2n) is 4.22. The first-order chi connectivity index (χ1) is 8.70. The monoisotopic (exact) mass is 263 g/mol. The Morgan fingerprint density at radius 1 is 1.50 bits per heavy atom. The van der Waals surface area contributed by atoms with Gasteiger partial charge in [-0.25, -0.2) is 4.98 Å². The van der Waals surface area contributed by atoms with E-state index in [2.05, 4.69) is 17.2 Å². The fourth-order valence-corrected chi connectivity index (χ4v) is 2.55. The zero-order chi connectivity index (χ0) is 13.0. The Bertz CT molecular complexity index is 505. The number of carbonyl (C=O) groups is 1. The predicted octanol–water partition coefficient (Wildman–Crippen LogP) is 2.75. The number of nitrogens with one attached hydrogen (secondary N) is 1. The molecule has 4 nitrogen and oxygen atoms in total. The van der Waals surface area contributed by atoms with Crippen LogP contribution in [-0.2, 0) is 4.79 Å². The first kappa shape index (κ1) is 13.0. The molecule has 0 bridgehead atoms. The van der Waals surface area contributed by atoms with E-state index in [0.29, 0.717) is 11.6 Å². The molecule has 2 aromatic rings. The molecule has 1 amide bonds. The summed E-state index contributed by atoms with van der Waals surface area (Å²) in [5.74, 6) is -0.150. The molecule has 1 atom stereocenters. The van der Waals surface area contributed by atoms with Crippen LogP contribution in [0.25, 0.3) is 10.2 Å². The van der Waals surface area contributed by atoms with Gasteiger partial charge in [-0.15, -0.1) is 0 Å². The molecule has 1 heterocycles. The van der Waals surface area contributed by atoms with Gasteiger partial charge in [0.25, 0.3) is 0 Å². The van der Waals surface area contributed by atoms with Crippen molar-refractivity contribution in [3.63, 3.8) is 0 Å². The molecule has 0 saturated carbocycles. The van der Waals surface area contributed by atoms with Gasteiger partial charge in [-0.3, -0.25) is 4.79 Å². The van der Waals surface area contributed by atoms with Crippen molar-refractivity contribution >= 4 is 32.6 Å². The second kappa shape index (κ2) is 5.93. The summed E-state index contributed by atoms with van der Waals surface area (Å²) in [5.41, 5.74) is 6.71. The molecule has 0 saturated heterocycles. The van der Waals surface area contributed by atoms with Gasteiger partial charge in [0.1, 0.15) is 0 Å². The molecule has 0 aliphatic rings. The Morgan fingerprint density at radius 3 is 3.00 bits per heavy atom. The first-order valence-corrected chi connectivity index (χ1v) is 6.94. The average Bonchev–Trinajstić information content (AvgIpc) is 2.77. The number of amides is 1. The SMILES string of the molecule is CCCC[C@H](N)C(=O)Nc1nc2ccccc2s1. The highest BCUT2D eigenvalue weighted by Gasteiger charge is 2.14. The lowest BCUT2D eigenvalue weighted by Crippen LogP contribution is -2.35. The third kappa shape index (κ3) is 3.05. The highest BCUT2D eigenvalue weighted by Crippen LogP contribution is 2.25. The number of fused-ring (bicyclic) bond motifs is 1. The Labute approximate surface area is 110 Å². The highest BCUT2D eigenvalue weighted by molar-refractivity contribution is 7.22. The van der Waals surface area contributed by atoms with E-state index in [9.17, 15) is 4.79 Å². The molecule has 5 heteroatoms. The largest absolute Gasteiger partial charge is 0.320 e. The molecular formula is C13H17N3OS. The number of hydrogen-bond acceptors (Lipinski definition) is 4. The van der Waals surface area contributed by atoms with Gasteiger partial charge < -0.3 is 11.1 Å². The van der Waals surface area contributed by atoms with Crippen LogP contribution in [0.5, 0.6) is 0 Å². The normalized spacial score (nSPS) is 12.6. The van der Waals surface area contributed by atoms with Gasteiger partial charge in [0.15, 0.2) is 5.13 Å². The van der Waals surface area contributed by atoms with Crippen molar-refractivity contribution in [2.75, 3.05) is 5.32 Å². The van der Waals surface area contributed by atoms with Crippen molar-refractivity contribution in [2.45, 2.75) is 32.2 Å².